The predicted octanol–water partition coefficient (Wildman–Crippen LogP) is 3.94. The molecular weight excluding hydrogens is 416 g/mol. The Hall–Kier alpha value is -4.39. The highest BCUT2D eigenvalue weighted by Crippen LogP contribution is 2.16. The Morgan fingerprint density at radius 1 is 0.939 bits per heavy atom. The summed E-state index contributed by atoms with van der Waals surface area (Å²) in [5.74, 6) is 0.0959. The molecular formula is C26H22N4O3. The summed E-state index contributed by atoms with van der Waals surface area (Å²) in [7, 11) is 0. The third-order valence-electron chi connectivity index (χ3n) is 5.22. The summed E-state index contributed by atoms with van der Waals surface area (Å²) < 4.78 is 0. The van der Waals surface area contributed by atoms with Crippen LogP contribution in [0.25, 0.3) is 11.4 Å². The first kappa shape index (κ1) is 21.8. The summed E-state index contributed by atoms with van der Waals surface area (Å²) in [6, 6.07) is 19.3. The van der Waals surface area contributed by atoms with Crippen molar-refractivity contribution in [2.75, 3.05) is 5.32 Å². The quantitative estimate of drug-likeness (QED) is 0.425. The predicted molar refractivity (Wildman–Crippen MR) is 126 cm³/mol. The lowest BCUT2D eigenvalue weighted by atomic mass is 10.0. The van der Waals surface area contributed by atoms with Crippen molar-refractivity contribution in [1.82, 2.24) is 15.0 Å². The second kappa shape index (κ2) is 9.82. The molecule has 164 valence electrons. The lowest BCUT2D eigenvalue weighted by Crippen LogP contribution is -2.20. The maximum atomic E-state index is 12.6. The number of rotatable bonds is 7. The summed E-state index contributed by atoms with van der Waals surface area (Å²) >= 11 is 0. The highest BCUT2D eigenvalue weighted by molar-refractivity contribution is 6.09. The average Bonchev–Trinajstić information content (AvgIpc) is 2.84. The maximum absolute atomic E-state index is 12.6. The van der Waals surface area contributed by atoms with Gasteiger partial charge in [-0.05, 0) is 37.6 Å². The van der Waals surface area contributed by atoms with E-state index in [1.54, 1.807) is 80.0 Å². The van der Waals surface area contributed by atoms with E-state index in [1.165, 1.54) is 0 Å². The molecule has 0 aliphatic heterocycles. The number of anilines is 1. The van der Waals surface area contributed by atoms with E-state index in [9.17, 15) is 14.4 Å². The summed E-state index contributed by atoms with van der Waals surface area (Å²) in [6.45, 7) is 1.76. The minimum Gasteiger partial charge on any atom is -0.326 e. The minimum absolute atomic E-state index is 0.108. The van der Waals surface area contributed by atoms with Gasteiger partial charge in [-0.1, -0.05) is 42.5 Å². The molecule has 2 aromatic heterocycles. The molecule has 33 heavy (non-hydrogen) atoms. The van der Waals surface area contributed by atoms with E-state index < -0.39 is 0 Å². The van der Waals surface area contributed by atoms with Gasteiger partial charge in [-0.3, -0.25) is 19.4 Å². The molecule has 0 bridgehead atoms. The van der Waals surface area contributed by atoms with Crippen LogP contribution in [-0.4, -0.2) is 26.6 Å². The van der Waals surface area contributed by atoms with Gasteiger partial charge in [-0.15, -0.1) is 0 Å². The number of aromatic amines is 1. The van der Waals surface area contributed by atoms with Gasteiger partial charge in [0.2, 0.25) is 5.91 Å². The zero-order valence-corrected chi connectivity index (χ0v) is 18.0. The topological polar surface area (TPSA) is 105 Å². The molecule has 1 amide bonds. The van der Waals surface area contributed by atoms with Crippen molar-refractivity contribution in [3.05, 3.63) is 112 Å². The minimum atomic E-state index is -0.266. The van der Waals surface area contributed by atoms with Crippen LogP contribution in [0, 0.1) is 6.92 Å². The first-order valence-electron chi connectivity index (χ1n) is 10.5. The van der Waals surface area contributed by atoms with Crippen LogP contribution in [0.3, 0.4) is 0 Å². The number of H-pyrrole nitrogens is 1. The van der Waals surface area contributed by atoms with Gasteiger partial charge in [-0.25, -0.2) is 4.98 Å². The highest BCUT2D eigenvalue weighted by Gasteiger charge is 2.13. The van der Waals surface area contributed by atoms with Gasteiger partial charge in [0.25, 0.3) is 5.56 Å². The van der Waals surface area contributed by atoms with E-state index in [2.05, 4.69) is 20.3 Å². The zero-order valence-electron chi connectivity index (χ0n) is 18.0. The lowest BCUT2D eigenvalue weighted by molar-refractivity contribution is -0.116. The van der Waals surface area contributed by atoms with Gasteiger partial charge >= 0.3 is 0 Å². The number of nitrogens with zero attached hydrogens (tertiary/aromatic N) is 2. The summed E-state index contributed by atoms with van der Waals surface area (Å²) in [4.78, 5) is 48.9. The fourth-order valence-electron chi connectivity index (χ4n) is 3.51. The van der Waals surface area contributed by atoms with Crippen LogP contribution in [0.4, 0.5) is 5.69 Å². The van der Waals surface area contributed by atoms with Crippen LogP contribution in [0.1, 0.15) is 33.6 Å². The number of carbonyl (C=O) groups is 2. The summed E-state index contributed by atoms with van der Waals surface area (Å²) in [6.07, 6.45) is 3.62. The van der Waals surface area contributed by atoms with Gasteiger partial charge in [0.05, 0.1) is 0 Å². The Labute approximate surface area is 190 Å². The number of pyridine rings is 1. The molecule has 2 aromatic carbocycles. The van der Waals surface area contributed by atoms with Crippen molar-refractivity contribution in [2.45, 2.75) is 19.8 Å². The Bertz CT molecular complexity index is 1350. The molecule has 0 aliphatic carbocycles. The zero-order chi connectivity index (χ0) is 23.2. The number of hydrogen-bond donors (Lipinski definition) is 2. The maximum Gasteiger partial charge on any atom is 0.254 e. The number of carbonyl (C=O) groups excluding carboxylic acids is 2. The van der Waals surface area contributed by atoms with Crippen LogP contribution in [-0.2, 0) is 11.2 Å². The van der Waals surface area contributed by atoms with Gasteiger partial charge in [0, 0.05) is 52.4 Å². The van der Waals surface area contributed by atoms with E-state index in [0.717, 1.165) is 5.56 Å². The summed E-state index contributed by atoms with van der Waals surface area (Å²) in [5, 5.41) is 2.80. The van der Waals surface area contributed by atoms with Crippen LogP contribution in [0.15, 0.2) is 83.9 Å². The van der Waals surface area contributed by atoms with Crippen LogP contribution in [0.5, 0.6) is 0 Å². The van der Waals surface area contributed by atoms with Crippen LogP contribution < -0.4 is 10.9 Å². The Balaban J connectivity index is 1.42. The SMILES string of the molecule is Cc1nc(-c2ccncc2)[nH]c(=O)c1CCC(=O)Nc1cccc(C(=O)c2ccccc2)c1. The van der Waals surface area contributed by atoms with Crippen molar-refractivity contribution in [3.63, 3.8) is 0 Å². The molecule has 0 unspecified atom stereocenters. The molecule has 0 aliphatic rings. The standard InChI is InChI=1S/C26H22N4O3/c1-17-22(26(33)30-25(28-17)19-12-14-27-15-13-19)10-11-23(31)29-21-9-5-8-20(16-21)24(32)18-6-3-2-4-7-18/h2-9,12-16H,10-11H2,1H3,(H,29,31)(H,28,30,33). The number of aryl methyl sites for hydroxylation is 1. The van der Waals surface area contributed by atoms with E-state index in [0.29, 0.717) is 33.9 Å². The molecule has 4 rings (SSSR count). The summed E-state index contributed by atoms with van der Waals surface area (Å²) in [5.41, 5.74) is 3.14. The Morgan fingerprint density at radius 2 is 1.67 bits per heavy atom. The fraction of sp³-hybridized carbons (Fsp3) is 0.115. The Morgan fingerprint density at radius 3 is 2.39 bits per heavy atom. The number of aromatic nitrogens is 3. The molecule has 2 heterocycles. The number of hydrogen-bond acceptors (Lipinski definition) is 5. The second-order valence-electron chi connectivity index (χ2n) is 7.54. The average molecular weight is 438 g/mol. The molecule has 0 spiro atoms. The molecule has 7 nitrogen and oxygen atoms in total. The van der Waals surface area contributed by atoms with Gasteiger partial charge in [0.15, 0.2) is 5.78 Å². The van der Waals surface area contributed by atoms with Crippen molar-refractivity contribution in [2.24, 2.45) is 0 Å². The second-order valence-corrected chi connectivity index (χ2v) is 7.54. The van der Waals surface area contributed by atoms with Crippen LogP contribution >= 0.6 is 0 Å². The lowest BCUT2D eigenvalue weighted by Gasteiger charge is -2.09. The number of benzene rings is 2. The number of ketones is 1. The first-order chi connectivity index (χ1) is 16.0. The third-order valence-corrected chi connectivity index (χ3v) is 5.22. The van der Waals surface area contributed by atoms with E-state index in [1.807, 2.05) is 6.07 Å². The van der Waals surface area contributed by atoms with E-state index in [-0.39, 0.29) is 30.1 Å². The molecule has 2 N–H and O–H groups in total. The number of nitrogens with one attached hydrogen (secondary N) is 2. The smallest absolute Gasteiger partial charge is 0.254 e. The first-order valence-corrected chi connectivity index (χ1v) is 10.5. The van der Waals surface area contributed by atoms with Gasteiger partial charge < -0.3 is 10.3 Å². The largest absolute Gasteiger partial charge is 0.326 e. The van der Waals surface area contributed by atoms with Gasteiger partial charge in [0.1, 0.15) is 5.82 Å². The normalized spacial score (nSPS) is 10.6. The van der Waals surface area contributed by atoms with Crippen molar-refractivity contribution < 1.29 is 9.59 Å². The molecule has 0 saturated heterocycles. The van der Waals surface area contributed by atoms with E-state index >= 15 is 0 Å². The molecule has 4 aromatic rings. The highest BCUT2D eigenvalue weighted by atomic mass is 16.1. The van der Waals surface area contributed by atoms with Crippen molar-refractivity contribution in [1.29, 1.82) is 0 Å². The Kier molecular flexibility index (Phi) is 6.50. The molecule has 0 saturated carbocycles. The fourth-order valence-corrected chi connectivity index (χ4v) is 3.51. The third kappa shape index (κ3) is 5.27. The molecule has 0 radical (unpaired) electrons. The van der Waals surface area contributed by atoms with Crippen LogP contribution in [0.2, 0.25) is 0 Å². The monoisotopic (exact) mass is 438 g/mol. The molecule has 0 atom stereocenters. The molecule has 7 heteroatoms. The van der Waals surface area contributed by atoms with Gasteiger partial charge in [-0.2, -0.15) is 0 Å². The molecule has 0 fully saturated rings. The van der Waals surface area contributed by atoms with E-state index in [4.69, 9.17) is 0 Å². The number of amides is 1. The van der Waals surface area contributed by atoms with Crippen molar-refractivity contribution >= 4 is 17.4 Å². The van der Waals surface area contributed by atoms with Crippen molar-refractivity contribution in [3.8, 4) is 11.4 Å².